The molecule has 2 aromatic rings. The number of imide groups is 1. The summed E-state index contributed by atoms with van der Waals surface area (Å²) in [6.45, 7) is 2.25. The zero-order valence-corrected chi connectivity index (χ0v) is 15.6. The normalized spacial score (nSPS) is 19.1. The molecule has 1 fully saturated rings. The number of nitrogens with zero attached hydrogens (tertiary/aromatic N) is 1. The van der Waals surface area contributed by atoms with Crippen molar-refractivity contribution in [1.82, 2.24) is 10.2 Å². The van der Waals surface area contributed by atoms with E-state index >= 15 is 0 Å². The van der Waals surface area contributed by atoms with Crippen LogP contribution in [0.25, 0.3) is 0 Å². The summed E-state index contributed by atoms with van der Waals surface area (Å²) in [6.07, 6.45) is 1.21. The van der Waals surface area contributed by atoms with E-state index in [0.29, 0.717) is 18.6 Å². The van der Waals surface area contributed by atoms with Gasteiger partial charge < -0.3 is 14.8 Å². The number of nitrogens with one attached hydrogen (secondary N) is 1. The predicted octanol–water partition coefficient (Wildman–Crippen LogP) is 3.02. The van der Waals surface area contributed by atoms with Crippen LogP contribution in [0.4, 0.5) is 4.79 Å². The Balaban J connectivity index is 1.54. The standard InChI is InChI=1S/C21H24N2O4/c1-21(13-12-16-8-10-17(26-2)11-9-16)19(24)23(20(25)22-21)14-15-27-18-6-4-3-5-7-18/h3-11H,12-15H2,1-2H3,(H,22,25). The summed E-state index contributed by atoms with van der Waals surface area (Å²) in [5.41, 5.74) is 0.189. The number of carbonyl (C=O) groups excluding carboxylic acids is 2. The monoisotopic (exact) mass is 368 g/mol. The molecule has 0 radical (unpaired) electrons. The van der Waals surface area contributed by atoms with E-state index < -0.39 is 5.54 Å². The van der Waals surface area contributed by atoms with Crippen LogP contribution < -0.4 is 14.8 Å². The van der Waals surface area contributed by atoms with Crippen molar-refractivity contribution in [2.45, 2.75) is 25.3 Å². The number of para-hydroxylation sites is 1. The van der Waals surface area contributed by atoms with E-state index in [1.807, 2.05) is 54.6 Å². The third-order valence-electron chi connectivity index (χ3n) is 4.74. The molecule has 0 saturated carbocycles. The highest BCUT2D eigenvalue weighted by molar-refractivity contribution is 6.06. The summed E-state index contributed by atoms with van der Waals surface area (Å²) in [5, 5.41) is 2.83. The first-order chi connectivity index (χ1) is 13.0. The fourth-order valence-corrected chi connectivity index (χ4v) is 3.08. The number of aryl methyl sites for hydroxylation is 1. The third kappa shape index (κ3) is 4.39. The maximum atomic E-state index is 12.8. The molecule has 0 aliphatic carbocycles. The fraction of sp³-hybridized carbons (Fsp3) is 0.333. The Morgan fingerprint density at radius 3 is 2.37 bits per heavy atom. The minimum absolute atomic E-state index is 0.210. The van der Waals surface area contributed by atoms with E-state index in [2.05, 4.69) is 5.32 Å². The highest BCUT2D eigenvalue weighted by atomic mass is 16.5. The van der Waals surface area contributed by atoms with Crippen LogP contribution in [0.1, 0.15) is 18.9 Å². The Kier molecular flexibility index (Phi) is 5.64. The summed E-state index contributed by atoms with van der Waals surface area (Å²) >= 11 is 0. The second-order valence-corrected chi connectivity index (χ2v) is 6.73. The number of hydrogen-bond donors (Lipinski definition) is 1. The summed E-state index contributed by atoms with van der Waals surface area (Å²) in [4.78, 5) is 26.3. The van der Waals surface area contributed by atoms with Gasteiger partial charge in [0, 0.05) is 0 Å². The molecule has 1 N–H and O–H groups in total. The number of ether oxygens (including phenoxy) is 2. The van der Waals surface area contributed by atoms with Gasteiger partial charge in [-0.05, 0) is 49.6 Å². The van der Waals surface area contributed by atoms with Gasteiger partial charge in [0.05, 0.1) is 13.7 Å². The van der Waals surface area contributed by atoms with Crippen molar-refractivity contribution in [2.24, 2.45) is 0 Å². The summed E-state index contributed by atoms with van der Waals surface area (Å²) in [5.74, 6) is 1.30. The summed E-state index contributed by atoms with van der Waals surface area (Å²) in [7, 11) is 1.62. The Labute approximate surface area is 159 Å². The van der Waals surface area contributed by atoms with Crippen molar-refractivity contribution in [3.05, 3.63) is 60.2 Å². The fourth-order valence-electron chi connectivity index (χ4n) is 3.08. The van der Waals surface area contributed by atoms with Crippen LogP contribution in [0, 0.1) is 0 Å². The second kappa shape index (κ2) is 8.12. The quantitative estimate of drug-likeness (QED) is 0.728. The topological polar surface area (TPSA) is 67.9 Å². The molecule has 27 heavy (non-hydrogen) atoms. The molecule has 1 aliphatic rings. The SMILES string of the molecule is COc1ccc(CCC2(C)NC(=O)N(CCOc3ccccc3)C2=O)cc1. The molecular weight excluding hydrogens is 344 g/mol. The van der Waals surface area contributed by atoms with Gasteiger partial charge in [-0.2, -0.15) is 0 Å². The Bertz CT molecular complexity index is 792. The molecule has 1 atom stereocenters. The highest BCUT2D eigenvalue weighted by Gasteiger charge is 2.47. The number of rotatable bonds is 8. The first kappa shape index (κ1) is 18.8. The van der Waals surface area contributed by atoms with Crippen molar-refractivity contribution in [2.75, 3.05) is 20.3 Å². The van der Waals surface area contributed by atoms with Crippen LogP contribution in [0.5, 0.6) is 11.5 Å². The number of carbonyl (C=O) groups is 2. The van der Waals surface area contributed by atoms with Gasteiger partial charge in [-0.1, -0.05) is 30.3 Å². The lowest BCUT2D eigenvalue weighted by Crippen LogP contribution is -2.44. The van der Waals surface area contributed by atoms with Crippen molar-refractivity contribution in [3.63, 3.8) is 0 Å². The van der Waals surface area contributed by atoms with E-state index in [0.717, 1.165) is 11.3 Å². The highest BCUT2D eigenvalue weighted by Crippen LogP contribution is 2.24. The van der Waals surface area contributed by atoms with E-state index in [9.17, 15) is 9.59 Å². The predicted molar refractivity (Wildman–Crippen MR) is 102 cm³/mol. The van der Waals surface area contributed by atoms with Gasteiger partial charge >= 0.3 is 6.03 Å². The average Bonchev–Trinajstić information content (AvgIpc) is 2.91. The van der Waals surface area contributed by atoms with Crippen LogP contribution in [0.15, 0.2) is 54.6 Å². The van der Waals surface area contributed by atoms with E-state index in [1.54, 1.807) is 14.0 Å². The first-order valence-corrected chi connectivity index (χ1v) is 8.97. The number of hydrogen-bond acceptors (Lipinski definition) is 4. The lowest BCUT2D eigenvalue weighted by atomic mass is 9.93. The van der Waals surface area contributed by atoms with Crippen LogP contribution in [0.2, 0.25) is 0 Å². The molecule has 0 spiro atoms. The molecule has 3 rings (SSSR count). The Morgan fingerprint density at radius 1 is 1.00 bits per heavy atom. The molecule has 6 nitrogen and oxygen atoms in total. The first-order valence-electron chi connectivity index (χ1n) is 8.97. The maximum Gasteiger partial charge on any atom is 0.325 e. The maximum absolute atomic E-state index is 12.8. The molecule has 6 heteroatoms. The molecule has 3 amide bonds. The number of benzene rings is 2. The van der Waals surface area contributed by atoms with Crippen LogP contribution >= 0.6 is 0 Å². The molecule has 142 valence electrons. The molecule has 1 aliphatic heterocycles. The molecule has 0 bridgehead atoms. The van der Waals surface area contributed by atoms with Gasteiger partial charge in [0.1, 0.15) is 23.6 Å². The lowest BCUT2D eigenvalue weighted by molar-refractivity contribution is -0.131. The summed E-state index contributed by atoms with van der Waals surface area (Å²) in [6, 6.07) is 16.7. The summed E-state index contributed by atoms with van der Waals surface area (Å²) < 4.78 is 10.8. The number of urea groups is 1. The van der Waals surface area contributed by atoms with Crippen LogP contribution in [0.3, 0.4) is 0 Å². The third-order valence-corrected chi connectivity index (χ3v) is 4.74. The largest absolute Gasteiger partial charge is 0.497 e. The van der Waals surface area contributed by atoms with Crippen molar-refractivity contribution in [1.29, 1.82) is 0 Å². The van der Waals surface area contributed by atoms with Crippen molar-refractivity contribution >= 4 is 11.9 Å². The molecule has 1 heterocycles. The van der Waals surface area contributed by atoms with Crippen molar-refractivity contribution in [3.8, 4) is 11.5 Å². The zero-order valence-electron chi connectivity index (χ0n) is 15.6. The zero-order chi connectivity index (χ0) is 19.3. The minimum Gasteiger partial charge on any atom is -0.497 e. The smallest absolute Gasteiger partial charge is 0.325 e. The Morgan fingerprint density at radius 2 is 1.70 bits per heavy atom. The molecule has 2 aromatic carbocycles. The number of methoxy groups -OCH3 is 1. The Hall–Kier alpha value is -3.02. The van der Waals surface area contributed by atoms with Gasteiger partial charge in [0.2, 0.25) is 0 Å². The molecule has 0 aromatic heterocycles. The molecular formula is C21H24N2O4. The van der Waals surface area contributed by atoms with Gasteiger partial charge in [-0.15, -0.1) is 0 Å². The second-order valence-electron chi connectivity index (χ2n) is 6.73. The van der Waals surface area contributed by atoms with Gasteiger partial charge in [0.25, 0.3) is 5.91 Å². The van der Waals surface area contributed by atoms with Gasteiger partial charge in [0.15, 0.2) is 0 Å². The van der Waals surface area contributed by atoms with Gasteiger partial charge in [-0.3, -0.25) is 9.69 Å². The van der Waals surface area contributed by atoms with E-state index in [4.69, 9.17) is 9.47 Å². The van der Waals surface area contributed by atoms with Gasteiger partial charge in [-0.25, -0.2) is 4.79 Å². The molecule has 1 unspecified atom stereocenters. The van der Waals surface area contributed by atoms with E-state index in [-0.39, 0.29) is 25.1 Å². The van der Waals surface area contributed by atoms with E-state index in [1.165, 1.54) is 4.90 Å². The van der Waals surface area contributed by atoms with Crippen LogP contribution in [-0.2, 0) is 11.2 Å². The molecule has 1 saturated heterocycles. The number of amides is 3. The minimum atomic E-state index is -0.899. The van der Waals surface area contributed by atoms with Crippen LogP contribution in [-0.4, -0.2) is 42.6 Å². The lowest BCUT2D eigenvalue weighted by Gasteiger charge is -2.21. The average molecular weight is 368 g/mol. The van der Waals surface area contributed by atoms with Crippen molar-refractivity contribution < 1.29 is 19.1 Å².